The molecule has 0 heterocycles. The van der Waals surface area contributed by atoms with E-state index < -0.39 is 0 Å². The van der Waals surface area contributed by atoms with Crippen LogP contribution in [-0.4, -0.2) is 11.7 Å². The van der Waals surface area contributed by atoms with E-state index in [4.69, 9.17) is 23.2 Å². The van der Waals surface area contributed by atoms with Crippen molar-refractivity contribution in [3.63, 3.8) is 0 Å². The number of hydrogen-bond acceptors (Lipinski definition) is 1. The number of halogens is 2. The van der Waals surface area contributed by atoms with Crippen LogP contribution < -0.4 is 0 Å². The summed E-state index contributed by atoms with van der Waals surface area (Å²) in [6.07, 6.45) is 0.734. The Hall–Kier alpha value is -0.530. The van der Waals surface area contributed by atoms with Gasteiger partial charge in [-0.05, 0) is 30.2 Å². The third kappa shape index (κ3) is 1.47. The van der Waals surface area contributed by atoms with Crippen molar-refractivity contribution in [3.05, 3.63) is 34.3 Å². The summed E-state index contributed by atoms with van der Waals surface area (Å²) in [7, 11) is 0. The lowest BCUT2D eigenvalue weighted by atomic mass is 10.1. The van der Waals surface area contributed by atoms with Gasteiger partial charge in [0.15, 0.2) is 5.78 Å². The van der Waals surface area contributed by atoms with Gasteiger partial charge in [-0.1, -0.05) is 11.6 Å². The highest BCUT2D eigenvalue weighted by Gasteiger charge is 2.29. The molecule has 1 aliphatic rings. The van der Waals surface area contributed by atoms with Gasteiger partial charge in [-0.2, -0.15) is 0 Å². The summed E-state index contributed by atoms with van der Waals surface area (Å²) in [5.41, 5.74) is 1.82. The Balaban J connectivity index is 2.44. The highest BCUT2D eigenvalue weighted by atomic mass is 35.5. The molecule has 2 rings (SSSR count). The van der Waals surface area contributed by atoms with Gasteiger partial charge >= 0.3 is 0 Å². The van der Waals surface area contributed by atoms with Crippen molar-refractivity contribution in [2.24, 2.45) is 5.92 Å². The molecule has 1 aromatic carbocycles. The Kier molecular flexibility index (Phi) is 2.31. The van der Waals surface area contributed by atoms with Gasteiger partial charge in [0.25, 0.3) is 0 Å². The Labute approximate surface area is 86.7 Å². The molecule has 0 spiro atoms. The van der Waals surface area contributed by atoms with E-state index in [-0.39, 0.29) is 11.7 Å². The first-order chi connectivity index (χ1) is 6.22. The molecule has 0 saturated carbocycles. The molecule has 1 unspecified atom stereocenters. The topological polar surface area (TPSA) is 17.1 Å². The molecule has 1 atom stereocenters. The van der Waals surface area contributed by atoms with Crippen LogP contribution in [0.4, 0.5) is 0 Å². The van der Waals surface area contributed by atoms with E-state index in [1.54, 1.807) is 12.1 Å². The monoisotopic (exact) mass is 214 g/mol. The van der Waals surface area contributed by atoms with Crippen molar-refractivity contribution in [3.8, 4) is 0 Å². The maximum atomic E-state index is 11.6. The lowest BCUT2D eigenvalue weighted by Crippen LogP contribution is -2.09. The van der Waals surface area contributed by atoms with Gasteiger partial charge in [-0.15, -0.1) is 11.6 Å². The van der Waals surface area contributed by atoms with Crippen LogP contribution in [0.5, 0.6) is 0 Å². The van der Waals surface area contributed by atoms with Gasteiger partial charge in [0.05, 0.1) is 0 Å². The third-order valence-corrected chi connectivity index (χ3v) is 2.96. The second-order valence-electron chi connectivity index (χ2n) is 3.22. The number of carbonyl (C=O) groups excluding carboxylic acids is 1. The van der Waals surface area contributed by atoms with Crippen LogP contribution in [0.3, 0.4) is 0 Å². The molecule has 0 amide bonds. The molecule has 3 heteroatoms. The van der Waals surface area contributed by atoms with Crippen molar-refractivity contribution in [2.45, 2.75) is 6.42 Å². The molecule has 0 aromatic heterocycles. The fourth-order valence-electron chi connectivity index (χ4n) is 1.67. The first-order valence-corrected chi connectivity index (χ1v) is 5.02. The molecule has 0 saturated heterocycles. The van der Waals surface area contributed by atoms with Crippen molar-refractivity contribution in [1.82, 2.24) is 0 Å². The number of benzene rings is 1. The van der Waals surface area contributed by atoms with Gasteiger partial charge in [0.2, 0.25) is 0 Å². The molecule has 1 aliphatic carbocycles. The summed E-state index contributed by atoms with van der Waals surface area (Å²) in [6.45, 7) is 0. The standard InChI is InChI=1S/C10H8Cl2O/c11-5-7-3-6-4-8(12)1-2-9(6)10(7)13/h1-2,4,7H,3,5H2. The van der Waals surface area contributed by atoms with E-state index >= 15 is 0 Å². The summed E-state index contributed by atoms with van der Waals surface area (Å²) in [6, 6.07) is 5.38. The van der Waals surface area contributed by atoms with Gasteiger partial charge < -0.3 is 0 Å². The quantitative estimate of drug-likeness (QED) is 0.658. The van der Waals surface area contributed by atoms with Gasteiger partial charge in [-0.25, -0.2) is 0 Å². The number of alkyl halides is 1. The molecule has 1 nitrogen and oxygen atoms in total. The van der Waals surface area contributed by atoms with Crippen LogP contribution in [0.15, 0.2) is 18.2 Å². The second-order valence-corrected chi connectivity index (χ2v) is 3.97. The normalized spacial score (nSPS) is 20.5. The Morgan fingerprint density at radius 3 is 2.92 bits per heavy atom. The SMILES string of the molecule is O=C1c2ccc(Cl)cc2CC1CCl. The Bertz CT molecular complexity index is 360. The van der Waals surface area contributed by atoms with Crippen LogP contribution in [0.1, 0.15) is 15.9 Å². The maximum Gasteiger partial charge on any atom is 0.167 e. The van der Waals surface area contributed by atoms with Crippen molar-refractivity contribution < 1.29 is 4.79 Å². The zero-order chi connectivity index (χ0) is 9.42. The Morgan fingerprint density at radius 2 is 2.23 bits per heavy atom. The average molecular weight is 215 g/mol. The fraction of sp³-hybridized carbons (Fsp3) is 0.300. The Morgan fingerprint density at radius 1 is 1.46 bits per heavy atom. The minimum atomic E-state index is -0.0462. The summed E-state index contributed by atoms with van der Waals surface area (Å²) in [5.74, 6) is 0.502. The zero-order valence-corrected chi connectivity index (χ0v) is 8.40. The number of fused-ring (bicyclic) bond motifs is 1. The summed E-state index contributed by atoms with van der Waals surface area (Å²) < 4.78 is 0. The van der Waals surface area contributed by atoms with Gasteiger partial charge in [-0.3, -0.25) is 4.79 Å². The summed E-state index contributed by atoms with van der Waals surface area (Å²) in [5, 5.41) is 0.682. The van der Waals surface area contributed by atoms with Crippen molar-refractivity contribution in [1.29, 1.82) is 0 Å². The first kappa shape index (κ1) is 9.04. The lowest BCUT2D eigenvalue weighted by Gasteiger charge is -1.98. The molecule has 0 N–H and O–H groups in total. The number of rotatable bonds is 1. The second kappa shape index (κ2) is 3.32. The number of Topliss-reactive ketones (excluding diaryl/α,β-unsaturated/α-hetero) is 1. The van der Waals surface area contributed by atoms with Gasteiger partial charge in [0.1, 0.15) is 0 Å². The van der Waals surface area contributed by atoms with Crippen molar-refractivity contribution >= 4 is 29.0 Å². The van der Waals surface area contributed by atoms with E-state index in [0.717, 1.165) is 17.5 Å². The van der Waals surface area contributed by atoms with Crippen LogP contribution in [-0.2, 0) is 6.42 Å². The molecule has 0 aliphatic heterocycles. The molecule has 68 valence electrons. The van der Waals surface area contributed by atoms with Crippen LogP contribution >= 0.6 is 23.2 Å². The maximum absolute atomic E-state index is 11.6. The van der Waals surface area contributed by atoms with Crippen LogP contribution in [0, 0.1) is 5.92 Å². The van der Waals surface area contributed by atoms with E-state index in [1.165, 1.54) is 0 Å². The number of ketones is 1. The largest absolute Gasteiger partial charge is 0.294 e. The van der Waals surface area contributed by atoms with Gasteiger partial charge in [0, 0.05) is 22.4 Å². The third-order valence-electron chi connectivity index (χ3n) is 2.36. The summed E-state index contributed by atoms with van der Waals surface area (Å²) >= 11 is 11.5. The fourth-order valence-corrected chi connectivity index (χ4v) is 2.12. The molecular weight excluding hydrogens is 207 g/mol. The molecule has 13 heavy (non-hydrogen) atoms. The first-order valence-electron chi connectivity index (χ1n) is 4.11. The summed E-state index contributed by atoms with van der Waals surface area (Å²) in [4.78, 5) is 11.6. The smallest absolute Gasteiger partial charge is 0.167 e. The molecule has 0 radical (unpaired) electrons. The van der Waals surface area contributed by atoms with Crippen LogP contribution in [0.2, 0.25) is 5.02 Å². The highest BCUT2D eigenvalue weighted by Crippen LogP contribution is 2.29. The predicted octanol–water partition coefficient (Wildman–Crippen LogP) is 2.93. The predicted molar refractivity (Wildman–Crippen MR) is 53.7 cm³/mol. The molecule has 0 fully saturated rings. The van der Waals surface area contributed by atoms with E-state index in [2.05, 4.69) is 0 Å². The van der Waals surface area contributed by atoms with Crippen molar-refractivity contribution in [2.75, 3.05) is 5.88 Å². The van der Waals surface area contributed by atoms with E-state index in [0.29, 0.717) is 10.9 Å². The number of hydrogen-bond donors (Lipinski definition) is 0. The highest BCUT2D eigenvalue weighted by molar-refractivity contribution is 6.31. The minimum Gasteiger partial charge on any atom is -0.294 e. The average Bonchev–Trinajstić information content (AvgIpc) is 2.42. The zero-order valence-electron chi connectivity index (χ0n) is 6.89. The molecular formula is C10H8Cl2O. The molecule has 0 bridgehead atoms. The van der Waals surface area contributed by atoms with Crippen LogP contribution in [0.25, 0.3) is 0 Å². The minimum absolute atomic E-state index is 0.0462. The number of carbonyl (C=O) groups is 1. The van der Waals surface area contributed by atoms with E-state index in [1.807, 2.05) is 6.07 Å². The van der Waals surface area contributed by atoms with E-state index in [9.17, 15) is 4.79 Å². The molecule has 1 aromatic rings. The lowest BCUT2D eigenvalue weighted by molar-refractivity contribution is 0.0948.